The van der Waals surface area contributed by atoms with Gasteiger partial charge in [0.05, 0.1) is 17.6 Å². The van der Waals surface area contributed by atoms with Gasteiger partial charge in [-0.05, 0) is 18.9 Å². The lowest BCUT2D eigenvalue weighted by atomic mass is 10.1. The number of hydrogen-bond donors (Lipinski definition) is 1. The SMILES string of the molecule is CC[C@@H](O)c1ccccc1OC1CCS(=O)(=O)C1. The Bertz CT molecular complexity index is 509. The van der Waals surface area contributed by atoms with Crippen molar-refractivity contribution in [3.8, 4) is 5.75 Å². The number of aliphatic hydroxyl groups excluding tert-OH is 1. The van der Waals surface area contributed by atoms with E-state index in [1.165, 1.54) is 0 Å². The molecule has 1 saturated heterocycles. The van der Waals surface area contributed by atoms with Crippen LogP contribution in [-0.2, 0) is 9.84 Å². The van der Waals surface area contributed by atoms with Crippen molar-refractivity contribution < 1.29 is 18.3 Å². The molecule has 1 fully saturated rings. The van der Waals surface area contributed by atoms with Crippen LogP contribution in [-0.4, -0.2) is 31.1 Å². The number of benzene rings is 1. The molecule has 1 aromatic rings. The van der Waals surface area contributed by atoms with Crippen LogP contribution < -0.4 is 4.74 Å². The number of sulfone groups is 1. The molecule has 0 aliphatic carbocycles. The zero-order valence-corrected chi connectivity index (χ0v) is 11.2. The summed E-state index contributed by atoms with van der Waals surface area (Å²) < 4.78 is 28.5. The second-order valence-electron chi connectivity index (χ2n) is 4.60. The van der Waals surface area contributed by atoms with Crippen LogP contribution in [0.3, 0.4) is 0 Å². The standard InChI is InChI=1S/C13H18O4S/c1-2-12(14)11-5-3-4-6-13(11)17-10-7-8-18(15,16)9-10/h3-6,10,12,14H,2,7-9H2,1H3/t10?,12-/m1/s1. The summed E-state index contributed by atoms with van der Waals surface area (Å²) in [4.78, 5) is 0. The first-order valence-electron chi connectivity index (χ1n) is 6.16. The van der Waals surface area contributed by atoms with E-state index in [2.05, 4.69) is 0 Å². The molecule has 0 aromatic heterocycles. The van der Waals surface area contributed by atoms with Crippen LogP contribution >= 0.6 is 0 Å². The van der Waals surface area contributed by atoms with Crippen molar-refractivity contribution in [2.45, 2.75) is 32.0 Å². The second-order valence-corrected chi connectivity index (χ2v) is 6.83. The van der Waals surface area contributed by atoms with Gasteiger partial charge in [-0.3, -0.25) is 0 Å². The summed E-state index contributed by atoms with van der Waals surface area (Å²) in [5.41, 5.74) is 0.726. The summed E-state index contributed by atoms with van der Waals surface area (Å²) in [7, 11) is -2.94. The summed E-state index contributed by atoms with van der Waals surface area (Å²) in [5.74, 6) is 0.855. The van der Waals surface area contributed by atoms with Crippen LogP contribution in [0.1, 0.15) is 31.4 Å². The van der Waals surface area contributed by atoms with E-state index in [0.717, 1.165) is 5.56 Å². The van der Waals surface area contributed by atoms with E-state index in [4.69, 9.17) is 4.74 Å². The average molecular weight is 270 g/mol. The van der Waals surface area contributed by atoms with E-state index in [-0.39, 0.29) is 17.6 Å². The Morgan fingerprint density at radius 3 is 2.78 bits per heavy atom. The minimum atomic E-state index is -2.94. The van der Waals surface area contributed by atoms with Crippen molar-refractivity contribution in [2.24, 2.45) is 0 Å². The third-order valence-corrected chi connectivity index (χ3v) is 4.89. The van der Waals surface area contributed by atoms with Crippen LogP contribution in [0.25, 0.3) is 0 Å². The monoisotopic (exact) mass is 270 g/mol. The fraction of sp³-hybridized carbons (Fsp3) is 0.538. The Morgan fingerprint density at radius 2 is 2.17 bits per heavy atom. The summed E-state index contributed by atoms with van der Waals surface area (Å²) in [6.45, 7) is 1.89. The smallest absolute Gasteiger partial charge is 0.154 e. The van der Waals surface area contributed by atoms with Gasteiger partial charge < -0.3 is 9.84 Å². The van der Waals surface area contributed by atoms with Gasteiger partial charge in [-0.2, -0.15) is 0 Å². The molecule has 5 heteroatoms. The van der Waals surface area contributed by atoms with Gasteiger partial charge in [0.25, 0.3) is 0 Å². The summed E-state index contributed by atoms with van der Waals surface area (Å²) in [6, 6.07) is 7.25. The van der Waals surface area contributed by atoms with Gasteiger partial charge in [0, 0.05) is 5.56 Å². The van der Waals surface area contributed by atoms with Crippen molar-refractivity contribution >= 4 is 9.84 Å². The predicted molar refractivity (Wildman–Crippen MR) is 69.4 cm³/mol. The Morgan fingerprint density at radius 1 is 1.44 bits per heavy atom. The topological polar surface area (TPSA) is 63.6 Å². The number of para-hydroxylation sites is 1. The van der Waals surface area contributed by atoms with E-state index in [9.17, 15) is 13.5 Å². The molecule has 0 saturated carbocycles. The maximum absolute atomic E-state index is 11.4. The van der Waals surface area contributed by atoms with Gasteiger partial charge in [-0.15, -0.1) is 0 Å². The van der Waals surface area contributed by atoms with Crippen LogP contribution in [0.5, 0.6) is 5.75 Å². The Labute approximate surface area is 108 Å². The molecule has 0 spiro atoms. The zero-order valence-electron chi connectivity index (χ0n) is 10.4. The average Bonchev–Trinajstić information content (AvgIpc) is 2.68. The number of ether oxygens (including phenoxy) is 1. The molecule has 100 valence electrons. The van der Waals surface area contributed by atoms with Gasteiger partial charge in [-0.25, -0.2) is 8.42 Å². The Balaban J connectivity index is 2.15. The van der Waals surface area contributed by atoms with Crippen LogP contribution in [0.4, 0.5) is 0 Å². The Kier molecular flexibility index (Phi) is 3.92. The van der Waals surface area contributed by atoms with Crippen molar-refractivity contribution in [3.05, 3.63) is 29.8 Å². The highest BCUT2D eigenvalue weighted by Crippen LogP contribution is 2.29. The van der Waals surface area contributed by atoms with Gasteiger partial charge in [0.1, 0.15) is 11.9 Å². The first-order valence-corrected chi connectivity index (χ1v) is 7.98. The highest BCUT2D eigenvalue weighted by molar-refractivity contribution is 7.91. The first-order chi connectivity index (χ1) is 8.52. The fourth-order valence-electron chi connectivity index (χ4n) is 2.12. The molecule has 1 aliphatic heterocycles. The molecular formula is C13H18O4S. The quantitative estimate of drug-likeness (QED) is 0.904. The molecule has 1 aromatic carbocycles. The Hall–Kier alpha value is -1.07. The lowest BCUT2D eigenvalue weighted by Crippen LogP contribution is -2.18. The van der Waals surface area contributed by atoms with Crippen LogP contribution in [0.15, 0.2) is 24.3 Å². The number of aliphatic hydroxyl groups is 1. The van der Waals surface area contributed by atoms with Crippen molar-refractivity contribution in [1.29, 1.82) is 0 Å². The summed E-state index contributed by atoms with van der Waals surface area (Å²) >= 11 is 0. The molecule has 0 radical (unpaired) electrons. The molecular weight excluding hydrogens is 252 g/mol. The maximum atomic E-state index is 11.4. The molecule has 0 bridgehead atoms. The van der Waals surface area contributed by atoms with Gasteiger partial charge in [-0.1, -0.05) is 25.1 Å². The van der Waals surface area contributed by atoms with Gasteiger partial charge in [0.2, 0.25) is 0 Å². The molecule has 2 rings (SSSR count). The molecule has 18 heavy (non-hydrogen) atoms. The lowest BCUT2D eigenvalue weighted by Gasteiger charge is -2.18. The van der Waals surface area contributed by atoms with Gasteiger partial charge in [0.15, 0.2) is 9.84 Å². The van der Waals surface area contributed by atoms with Gasteiger partial charge >= 0.3 is 0 Å². The molecule has 4 nitrogen and oxygen atoms in total. The van der Waals surface area contributed by atoms with E-state index in [0.29, 0.717) is 18.6 Å². The summed E-state index contributed by atoms with van der Waals surface area (Å²) in [5, 5.41) is 9.89. The third kappa shape index (κ3) is 3.03. The molecule has 2 atom stereocenters. The highest BCUT2D eigenvalue weighted by atomic mass is 32.2. The van der Waals surface area contributed by atoms with Crippen LogP contribution in [0.2, 0.25) is 0 Å². The van der Waals surface area contributed by atoms with Crippen molar-refractivity contribution in [2.75, 3.05) is 11.5 Å². The fourth-order valence-corrected chi connectivity index (χ4v) is 3.71. The normalized spacial score (nSPS) is 23.8. The first kappa shape index (κ1) is 13.4. The minimum Gasteiger partial charge on any atom is -0.489 e. The molecule has 1 aliphatic rings. The number of rotatable bonds is 4. The second kappa shape index (κ2) is 5.28. The van der Waals surface area contributed by atoms with E-state index >= 15 is 0 Å². The maximum Gasteiger partial charge on any atom is 0.154 e. The van der Waals surface area contributed by atoms with E-state index in [1.54, 1.807) is 6.07 Å². The highest BCUT2D eigenvalue weighted by Gasteiger charge is 2.30. The minimum absolute atomic E-state index is 0.0730. The zero-order chi connectivity index (χ0) is 13.2. The van der Waals surface area contributed by atoms with Crippen LogP contribution in [0, 0.1) is 0 Å². The summed E-state index contributed by atoms with van der Waals surface area (Å²) in [6.07, 6.45) is 0.266. The lowest BCUT2D eigenvalue weighted by molar-refractivity contribution is 0.160. The molecule has 0 amide bonds. The predicted octanol–water partition coefficient (Wildman–Crippen LogP) is 1.70. The molecule has 1 N–H and O–H groups in total. The van der Waals surface area contributed by atoms with Crippen molar-refractivity contribution in [1.82, 2.24) is 0 Å². The van der Waals surface area contributed by atoms with E-state index < -0.39 is 15.9 Å². The largest absolute Gasteiger partial charge is 0.489 e. The number of hydrogen-bond acceptors (Lipinski definition) is 4. The van der Waals surface area contributed by atoms with E-state index in [1.807, 2.05) is 25.1 Å². The molecule has 1 unspecified atom stereocenters. The molecule has 1 heterocycles. The van der Waals surface area contributed by atoms with Crippen molar-refractivity contribution in [3.63, 3.8) is 0 Å². The third-order valence-electron chi connectivity index (χ3n) is 3.15.